The number of benzene rings is 3. The lowest BCUT2D eigenvalue weighted by atomic mass is 10.1. The van der Waals surface area contributed by atoms with Crippen LogP contribution in [0, 0.1) is 6.92 Å². The molecule has 8 heteroatoms. The smallest absolute Gasteiger partial charge is 0.264 e. The molecule has 1 amide bonds. The van der Waals surface area contributed by atoms with Crippen LogP contribution in [0.1, 0.15) is 21.5 Å². The molecule has 0 radical (unpaired) electrons. The van der Waals surface area contributed by atoms with Crippen molar-refractivity contribution in [1.82, 2.24) is 5.32 Å². The van der Waals surface area contributed by atoms with Crippen LogP contribution in [0.25, 0.3) is 0 Å². The van der Waals surface area contributed by atoms with E-state index in [1.165, 1.54) is 22.5 Å². The Hall–Kier alpha value is -2.42. The normalized spacial score (nSPS) is 11.2. The van der Waals surface area contributed by atoms with Crippen molar-refractivity contribution in [1.29, 1.82) is 0 Å². The fraction of sp³-hybridized carbons (Fsp3) is 0.240. The molecule has 3 rings (SSSR count). The molecular weight excluding hydrogens is 472 g/mol. The molecule has 5 nitrogen and oxygen atoms in total. The average Bonchev–Trinajstić information content (AvgIpc) is 2.84. The van der Waals surface area contributed by atoms with E-state index in [4.69, 9.17) is 0 Å². The second kappa shape index (κ2) is 11.6. The van der Waals surface area contributed by atoms with Gasteiger partial charge in [-0.1, -0.05) is 24.3 Å². The fourth-order valence-corrected chi connectivity index (χ4v) is 5.70. The SMILES string of the molecule is CSc1ccc(S(=O)(=O)N(C)c2ccc(C(=O)NCCSCc3ccccc3C)cc2)cc1. The number of nitrogens with one attached hydrogen (secondary N) is 1. The summed E-state index contributed by atoms with van der Waals surface area (Å²) in [6.07, 6.45) is 1.94. The second-order valence-corrected chi connectivity index (χ2v) is 11.4. The molecule has 0 aliphatic heterocycles. The molecule has 33 heavy (non-hydrogen) atoms. The zero-order chi connectivity index (χ0) is 23.8. The summed E-state index contributed by atoms with van der Waals surface area (Å²) in [5, 5.41) is 2.92. The number of hydrogen-bond donors (Lipinski definition) is 1. The van der Waals surface area contributed by atoms with Crippen molar-refractivity contribution in [3.8, 4) is 0 Å². The maximum absolute atomic E-state index is 12.9. The summed E-state index contributed by atoms with van der Waals surface area (Å²) in [7, 11) is -2.16. The maximum Gasteiger partial charge on any atom is 0.264 e. The maximum atomic E-state index is 12.9. The van der Waals surface area contributed by atoms with Gasteiger partial charge in [0.05, 0.1) is 10.6 Å². The van der Waals surface area contributed by atoms with Gasteiger partial charge >= 0.3 is 0 Å². The molecule has 0 heterocycles. The highest BCUT2D eigenvalue weighted by atomic mass is 32.2. The van der Waals surface area contributed by atoms with Crippen molar-refractivity contribution in [3.63, 3.8) is 0 Å². The van der Waals surface area contributed by atoms with Gasteiger partial charge in [-0.25, -0.2) is 8.42 Å². The summed E-state index contributed by atoms with van der Waals surface area (Å²) in [4.78, 5) is 13.7. The molecule has 0 bridgehead atoms. The monoisotopic (exact) mass is 500 g/mol. The lowest BCUT2D eigenvalue weighted by Crippen LogP contribution is -2.27. The number of thioether (sulfide) groups is 2. The van der Waals surface area contributed by atoms with E-state index in [2.05, 4.69) is 24.4 Å². The predicted octanol–water partition coefficient (Wildman–Crippen LogP) is 5.21. The first-order valence-corrected chi connectivity index (χ1v) is 14.3. The number of anilines is 1. The molecule has 0 atom stereocenters. The van der Waals surface area contributed by atoms with Gasteiger partial charge in [0.2, 0.25) is 0 Å². The van der Waals surface area contributed by atoms with Gasteiger partial charge in [0.15, 0.2) is 0 Å². The molecular formula is C25H28N2O3S3. The Morgan fingerprint density at radius 3 is 2.27 bits per heavy atom. The van der Waals surface area contributed by atoms with Crippen molar-refractivity contribution in [3.05, 3.63) is 89.5 Å². The quantitative estimate of drug-likeness (QED) is 0.306. The number of amides is 1. The van der Waals surface area contributed by atoms with Crippen LogP contribution in [-0.4, -0.2) is 39.9 Å². The molecule has 0 aliphatic carbocycles. The van der Waals surface area contributed by atoms with E-state index in [9.17, 15) is 13.2 Å². The zero-order valence-electron chi connectivity index (χ0n) is 18.9. The summed E-state index contributed by atoms with van der Waals surface area (Å²) in [6.45, 7) is 2.67. The Bertz CT molecular complexity index is 1180. The zero-order valence-corrected chi connectivity index (χ0v) is 21.4. The number of aryl methyl sites for hydroxylation is 1. The molecule has 3 aromatic rings. The van der Waals surface area contributed by atoms with Crippen LogP contribution < -0.4 is 9.62 Å². The molecule has 0 unspecified atom stereocenters. The summed E-state index contributed by atoms with van der Waals surface area (Å²) in [5.74, 6) is 1.56. The summed E-state index contributed by atoms with van der Waals surface area (Å²) in [5.41, 5.74) is 3.58. The van der Waals surface area contributed by atoms with Crippen molar-refractivity contribution < 1.29 is 13.2 Å². The molecule has 3 aromatic carbocycles. The van der Waals surface area contributed by atoms with Gasteiger partial charge in [0.25, 0.3) is 15.9 Å². The van der Waals surface area contributed by atoms with E-state index in [1.807, 2.05) is 18.4 Å². The van der Waals surface area contributed by atoms with E-state index < -0.39 is 10.0 Å². The Kier molecular flexibility index (Phi) is 8.88. The fourth-order valence-electron chi connectivity index (χ4n) is 3.16. The minimum absolute atomic E-state index is 0.170. The molecule has 0 saturated heterocycles. The Morgan fingerprint density at radius 2 is 1.64 bits per heavy atom. The number of carbonyl (C=O) groups is 1. The highest BCUT2D eigenvalue weighted by Crippen LogP contribution is 2.24. The summed E-state index contributed by atoms with van der Waals surface area (Å²) >= 11 is 3.33. The molecule has 0 spiro atoms. The van der Waals surface area contributed by atoms with E-state index >= 15 is 0 Å². The van der Waals surface area contributed by atoms with Gasteiger partial charge in [-0.3, -0.25) is 9.10 Å². The Labute approximate surface area is 205 Å². The first-order valence-electron chi connectivity index (χ1n) is 10.5. The molecule has 174 valence electrons. The minimum Gasteiger partial charge on any atom is -0.351 e. The van der Waals surface area contributed by atoms with E-state index in [-0.39, 0.29) is 10.8 Å². The molecule has 0 aromatic heterocycles. The molecule has 0 fully saturated rings. The molecule has 0 aliphatic rings. The van der Waals surface area contributed by atoms with Gasteiger partial charge in [0.1, 0.15) is 0 Å². The van der Waals surface area contributed by atoms with Gasteiger partial charge in [-0.05, 0) is 72.8 Å². The number of sulfonamides is 1. The van der Waals surface area contributed by atoms with Gasteiger partial charge in [-0.2, -0.15) is 11.8 Å². The standard InChI is InChI=1S/C25H28N2O3S3/c1-19-6-4-5-7-21(19)18-32-17-16-26-25(28)20-8-10-22(11-9-20)27(2)33(29,30)24-14-12-23(31-3)13-15-24/h4-15H,16-18H2,1-3H3,(H,26,28). The first kappa shape index (κ1) is 25.2. The highest BCUT2D eigenvalue weighted by molar-refractivity contribution is 7.98. The van der Waals surface area contributed by atoms with Gasteiger partial charge in [0, 0.05) is 35.6 Å². The minimum atomic E-state index is -3.68. The number of carbonyl (C=O) groups excluding carboxylic acids is 1. The van der Waals surface area contributed by atoms with Gasteiger partial charge < -0.3 is 5.32 Å². The third-order valence-corrected chi connectivity index (χ3v) is 8.81. The summed E-state index contributed by atoms with van der Waals surface area (Å²) in [6, 6.07) is 21.7. The summed E-state index contributed by atoms with van der Waals surface area (Å²) < 4.78 is 27.1. The van der Waals surface area contributed by atoms with Crippen LogP contribution in [0.3, 0.4) is 0 Å². The van der Waals surface area contributed by atoms with Crippen LogP contribution in [-0.2, 0) is 15.8 Å². The first-order chi connectivity index (χ1) is 15.8. The Morgan fingerprint density at radius 1 is 0.970 bits per heavy atom. The van der Waals surface area contributed by atoms with Crippen LogP contribution in [0.2, 0.25) is 0 Å². The lowest BCUT2D eigenvalue weighted by Gasteiger charge is -2.20. The van der Waals surface area contributed by atoms with E-state index in [1.54, 1.807) is 72.1 Å². The second-order valence-electron chi connectivity index (χ2n) is 7.43. The van der Waals surface area contributed by atoms with Crippen LogP contribution in [0.15, 0.2) is 82.6 Å². The van der Waals surface area contributed by atoms with Crippen molar-refractivity contribution >= 4 is 45.1 Å². The lowest BCUT2D eigenvalue weighted by molar-refractivity contribution is 0.0956. The van der Waals surface area contributed by atoms with Crippen LogP contribution in [0.4, 0.5) is 5.69 Å². The third kappa shape index (κ3) is 6.56. The number of nitrogens with zero attached hydrogens (tertiary/aromatic N) is 1. The number of hydrogen-bond acceptors (Lipinski definition) is 5. The van der Waals surface area contributed by atoms with E-state index in [0.29, 0.717) is 17.8 Å². The van der Waals surface area contributed by atoms with Crippen molar-refractivity contribution in [2.24, 2.45) is 0 Å². The highest BCUT2D eigenvalue weighted by Gasteiger charge is 2.21. The largest absolute Gasteiger partial charge is 0.351 e. The van der Waals surface area contributed by atoms with Crippen molar-refractivity contribution in [2.45, 2.75) is 22.5 Å². The predicted molar refractivity (Wildman–Crippen MR) is 140 cm³/mol. The van der Waals surface area contributed by atoms with Gasteiger partial charge in [-0.15, -0.1) is 11.8 Å². The number of rotatable bonds is 10. The van der Waals surface area contributed by atoms with Crippen LogP contribution >= 0.6 is 23.5 Å². The van der Waals surface area contributed by atoms with Crippen molar-refractivity contribution in [2.75, 3.05) is 29.9 Å². The molecule has 0 saturated carbocycles. The molecule has 1 N–H and O–H groups in total. The average molecular weight is 501 g/mol. The van der Waals surface area contributed by atoms with Crippen LogP contribution in [0.5, 0.6) is 0 Å². The topological polar surface area (TPSA) is 66.5 Å². The van der Waals surface area contributed by atoms with E-state index in [0.717, 1.165) is 16.4 Å². The third-order valence-electron chi connectivity index (χ3n) is 5.26. The Balaban J connectivity index is 1.53.